The van der Waals surface area contributed by atoms with Crippen LogP contribution in [0, 0.1) is 5.82 Å². The van der Waals surface area contributed by atoms with E-state index >= 15 is 0 Å². The van der Waals surface area contributed by atoms with Crippen molar-refractivity contribution in [2.45, 2.75) is 13.3 Å². The largest absolute Gasteiger partial charge is 0.493 e. The minimum Gasteiger partial charge on any atom is -0.493 e. The van der Waals surface area contributed by atoms with Gasteiger partial charge in [-0.2, -0.15) is 0 Å². The van der Waals surface area contributed by atoms with Crippen molar-refractivity contribution in [2.24, 2.45) is 5.73 Å². The topological polar surface area (TPSA) is 35.2 Å². The summed E-state index contributed by atoms with van der Waals surface area (Å²) in [6.07, 6.45) is 4.35. The van der Waals surface area contributed by atoms with Crippen molar-refractivity contribution >= 4 is 6.08 Å². The quantitative estimate of drug-likeness (QED) is 0.826. The Morgan fingerprint density at radius 2 is 2.20 bits per heavy atom. The summed E-state index contributed by atoms with van der Waals surface area (Å²) < 4.78 is 18.5. The Balaban J connectivity index is 3.19. The average Bonchev–Trinajstić information content (AvgIpc) is 2.25. The summed E-state index contributed by atoms with van der Waals surface area (Å²) in [6, 6.07) is 3.41. The van der Waals surface area contributed by atoms with Crippen LogP contribution in [-0.2, 0) is 6.42 Å². The van der Waals surface area contributed by atoms with Crippen LogP contribution in [0.3, 0.4) is 0 Å². The summed E-state index contributed by atoms with van der Waals surface area (Å²) in [5, 5.41) is 0. The molecule has 0 aliphatic heterocycles. The first kappa shape index (κ1) is 11.7. The minimum atomic E-state index is -0.325. The second-order valence-corrected chi connectivity index (χ2v) is 3.19. The molecule has 0 unspecified atom stereocenters. The number of benzene rings is 1. The Morgan fingerprint density at radius 3 is 2.73 bits per heavy atom. The zero-order valence-corrected chi connectivity index (χ0v) is 9.09. The first-order valence-corrected chi connectivity index (χ1v) is 4.96. The Bertz CT molecular complexity index is 361. The summed E-state index contributed by atoms with van der Waals surface area (Å²) in [5.74, 6) is -0.0505. The Morgan fingerprint density at radius 1 is 1.47 bits per heavy atom. The van der Waals surface area contributed by atoms with E-state index in [1.54, 1.807) is 12.2 Å². The number of ether oxygens (including phenoxy) is 1. The molecule has 0 amide bonds. The number of methoxy groups -OCH3 is 1. The van der Waals surface area contributed by atoms with Crippen LogP contribution < -0.4 is 10.5 Å². The molecule has 0 heterocycles. The van der Waals surface area contributed by atoms with Gasteiger partial charge in [-0.15, -0.1) is 0 Å². The smallest absolute Gasteiger partial charge is 0.165 e. The van der Waals surface area contributed by atoms with Crippen LogP contribution >= 0.6 is 0 Å². The third-order valence-corrected chi connectivity index (χ3v) is 2.18. The number of rotatable bonds is 4. The fourth-order valence-electron chi connectivity index (χ4n) is 1.41. The lowest BCUT2D eigenvalue weighted by Crippen LogP contribution is -1.96. The van der Waals surface area contributed by atoms with E-state index in [0.29, 0.717) is 6.54 Å². The molecule has 82 valence electrons. The third-order valence-electron chi connectivity index (χ3n) is 2.18. The van der Waals surface area contributed by atoms with E-state index in [4.69, 9.17) is 10.5 Å². The molecule has 0 aliphatic rings. The predicted molar refractivity (Wildman–Crippen MR) is 60.4 cm³/mol. The summed E-state index contributed by atoms with van der Waals surface area (Å²) >= 11 is 0. The van der Waals surface area contributed by atoms with Crippen LogP contribution in [-0.4, -0.2) is 13.7 Å². The Kier molecular flexibility index (Phi) is 4.31. The van der Waals surface area contributed by atoms with Crippen LogP contribution in [0.2, 0.25) is 0 Å². The molecule has 0 atom stereocenters. The Hall–Kier alpha value is -1.35. The van der Waals surface area contributed by atoms with Gasteiger partial charge in [0.25, 0.3) is 0 Å². The van der Waals surface area contributed by atoms with Gasteiger partial charge in [0, 0.05) is 12.1 Å². The second-order valence-electron chi connectivity index (χ2n) is 3.19. The van der Waals surface area contributed by atoms with E-state index < -0.39 is 0 Å². The fraction of sp³-hybridized carbons (Fsp3) is 0.333. The van der Waals surface area contributed by atoms with Crippen molar-refractivity contribution in [1.29, 1.82) is 0 Å². The zero-order chi connectivity index (χ0) is 11.3. The first-order chi connectivity index (χ1) is 7.22. The minimum absolute atomic E-state index is 0.275. The lowest BCUT2D eigenvalue weighted by molar-refractivity contribution is 0.385. The van der Waals surface area contributed by atoms with Crippen molar-refractivity contribution in [1.82, 2.24) is 0 Å². The second kappa shape index (κ2) is 5.51. The van der Waals surface area contributed by atoms with Gasteiger partial charge >= 0.3 is 0 Å². The maximum Gasteiger partial charge on any atom is 0.165 e. The molecular weight excluding hydrogens is 193 g/mol. The van der Waals surface area contributed by atoms with E-state index in [9.17, 15) is 4.39 Å². The molecule has 0 radical (unpaired) electrons. The van der Waals surface area contributed by atoms with E-state index in [1.807, 2.05) is 13.0 Å². The monoisotopic (exact) mass is 209 g/mol. The third kappa shape index (κ3) is 2.80. The number of halogens is 1. The van der Waals surface area contributed by atoms with Crippen LogP contribution in [0.1, 0.15) is 18.1 Å². The Labute approximate surface area is 89.6 Å². The fourth-order valence-corrected chi connectivity index (χ4v) is 1.41. The number of nitrogens with two attached hydrogens (primary N) is 1. The zero-order valence-electron chi connectivity index (χ0n) is 9.09. The molecule has 0 saturated heterocycles. The van der Waals surface area contributed by atoms with Crippen LogP contribution in [0.25, 0.3) is 6.08 Å². The number of hydrogen-bond acceptors (Lipinski definition) is 2. The van der Waals surface area contributed by atoms with Crippen molar-refractivity contribution in [3.63, 3.8) is 0 Å². The molecule has 0 aliphatic carbocycles. The maximum absolute atomic E-state index is 13.5. The van der Waals surface area contributed by atoms with Gasteiger partial charge in [-0.05, 0) is 24.1 Å². The normalized spacial score (nSPS) is 10.9. The molecule has 3 heteroatoms. The van der Waals surface area contributed by atoms with Gasteiger partial charge in [0.2, 0.25) is 0 Å². The van der Waals surface area contributed by atoms with Gasteiger partial charge < -0.3 is 10.5 Å². The van der Waals surface area contributed by atoms with Crippen LogP contribution in [0.4, 0.5) is 4.39 Å². The molecule has 0 bridgehead atoms. The molecule has 0 saturated carbocycles. The van der Waals surface area contributed by atoms with Gasteiger partial charge in [0.1, 0.15) is 0 Å². The molecular formula is C12H16FNO. The van der Waals surface area contributed by atoms with Gasteiger partial charge in [0.05, 0.1) is 7.11 Å². The van der Waals surface area contributed by atoms with Crippen LogP contribution in [0.15, 0.2) is 18.2 Å². The summed E-state index contributed by atoms with van der Waals surface area (Å²) in [7, 11) is 1.46. The van der Waals surface area contributed by atoms with Crippen molar-refractivity contribution in [2.75, 3.05) is 13.7 Å². The molecule has 1 aromatic carbocycles. The highest BCUT2D eigenvalue weighted by Gasteiger charge is 2.08. The maximum atomic E-state index is 13.5. The van der Waals surface area contributed by atoms with Crippen LogP contribution in [0.5, 0.6) is 5.75 Å². The van der Waals surface area contributed by atoms with Gasteiger partial charge in [0.15, 0.2) is 11.6 Å². The molecule has 0 spiro atoms. The highest BCUT2D eigenvalue weighted by Crippen LogP contribution is 2.25. The highest BCUT2D eigenvalue weighted by molar-refractivity contribution is 5.59. The molecule has 0 fully saturated rings. The first-order valence-electron chi connectivity index (χ1n) is 4.96. The lowest BCUT2D eigenvalue weighted by Gasteiger charge is -2.08. The molecule has 2 nitrogen and oxygen atoms in total. The van der Waals surface area contributed by atoms with Gasteiger partial charge in [-0.25, -0.2) is 4.39 Å². The van der Waals surface area contributed by atoms with Crippen molar-refractivity contribution < 1.29 is 9.13 Å². The highest BCUT2D eigenvalue weighted by atomic mass is 19.1. The average molecular weight is 209 g/mol. The molecule has 1 rings (SSSR count). The van der Waals surface area contributed by atoms with E-state index in [-0.39, 0.29) is 11.6 Å². The van der Waals surface area contributed by atoms with E-state index in [2.05, 4.69) is 0 Å². The predicted octanol–water partition coefficient (Wildman–Crippen LogP) is 2.37. The number of aryl methyl sites for hydroxylation is 1. The van der Waals surface area contributed by atoms with Gasteiger partial charge in [-0.3, -0.25) is 0 Å². The van der Waals surface area contributed by atoms with E-state index in [0.717, 1.165) is 17.5 Å². The molecule has 1 aromatic rings. The molecule has 15 heavy (non-hydrogen) atoms. The molecule has 2 N–H and O–H groups in total. The summed E-state index contributed by atoms with van der Waals surface area (Å²) in [6.45, 7) is 2.42. The molecule has 0 aromatic heterocycles. The lowest BCUT2D eigenvalue weighted by atomic mass is 10.1. The van der Waals surface area contributed by atoms with Crippen molar-refractivity contribution in [3.8, 4) is 5.75 Å². The van der Waals surface area contributed by atoms with Gasteiger partial charge in [-0.1, -0.05) is 19.1 Å². The van der Waals surface area contributed by atoms with Crippen molar-refractivity contribution in [3.05, 3.63) is 35.2 Å². The van der Waals surface area contributed by atoms with E-state index in [1.165, 1.54) is 13.2 Å². The SMILES string of the molecule is CCc1cc(F)c(OC)c(/C=C/CN)c1. The standard InChI is InChI=1S/C12H16FNO/c1-3-9-7-10(5-4-6-14)12(15-2)11(13)8-9/h4-5,7-8H,3,6,14H2,1-2H3/b5-4+. The summed E-state index contributed by atoms with van der Waals surface area (Å²) in [4.78, 5) is 0. The summed E-state index contributed by atoms with van der Waals surface area (Å²) in [5.41, 5.74) is 7.04. The number of hydrogen-bond donors (Lipinski definition) is 1.